The van der Waals surface area contributed by atoms with Crippen molar-refractivity contribution in [2.45, 2.75) is 76.7 Å². The van der Waals surface area contributed by atoms with Crippen molar-refractivity contribution in [3.63, 3.8) is 0 Å². The second-order valence-electron chi connectivity index (χ2n) is 10.5. The van der Waals surface area contributed by atoms with E-state index in [-0.39, 0.29) is 5.56 Å². The molecule has 0 amide bonds. The highest BCUT2D eigenvalue weighted by molar-refractivity contribution is 5.63. The summed E-state index contributed by atoms with van der Waals surface area (Å²) in [4.78, 5) is 23.5. The summed E-state index contributed by atoms with van der Waals surface area (Å²) >= 11 is 0. The lowest BCUT2D eigenvalue weighted by Crippen LogP contribution is -2.39. The van der Waals surface area contributed by atoms with Crippen molar-refractivity contribution in [3.8, 4) is 0 Å². The third-order valence-electron chi connectivity index (χ3n) is 8.46. The van der Waals surface area contributed by atoms with E-state index in [1.54, 1.807) is 0 Å². The summed E-state index contributed by atoms with van der Waals surface area (Å²) in [5, 5.41) is 0. The molecule has 6 rings (SSSR count). The molecule has 1 aliphatic heterocycles. The van der Waals surface area contributed by atoms with Crippen molar-refractivity contribution >= 4 is 5.57 Å². The average molecular weight is 416 g/mol. The Kier molecular flexibility index (Phi) is 4.68. The van der Waals surface area contributed by atoms with Gasteiger partial charge in [0, 0.05) is 11.6 Å². The van der Waals surface area contributed by atoms with E-state index in [9.17, 15) is 4.79 Å². The number of nitrogens with zero attached hydrogens (tertiary/aromatic N) is 2. The Hall–Kier alpha value is -2.20. The Morgan fingerprint density at radius 3 is 2.55 bits per heavy atom. The minimum Gasteiger partial charge on any atom is -0.307 e. The molecule has 1 aromatic heterocycles. The number of rotatable bonds is 3. The van der Waals surface area contributed by atoms with Gasteiger partial charge in [-0.2, -0.15) is 0 Å². The fourth-order valence-corrected chi connectivity index (χ4v) is 6.13. The molecule has 1 saturated carbocycles. The molecule has 2 aromatic rings. The normalized spacial score (nSPS) is 25.5. The second-order valence-corrected chi connectivity index (χ2v) is 10.5. The molecule has 0 radical (unpaired) electrons. The molecule has 3 aliphatic carbocycles. The molecule has 4 heteroatoms. The summed E-state index contributed by atoms with van der Waals surface area (Å²) in [6.07, 6.45) is 12.8. The number of H-pyrrole nitrogens is 1. The number of aromatic nitrogens is 2. The minimum absolute atomic E-state index is 0.120. The first-order valence-corrected chi connectivity index (χ1v) is 12.2. The SMILES string of the molecule is Cc1ccc(C2CCN([C@H]3C=C(c4nc5c(c(=O)[nH]4)CC4(CC5)CC4)CC3)CC2)cc1. The monoisotopic (exact) mass is 415 g/mol. The first-order valence-electron chi connectivity index (χ1n) is 12.2. The van der Waals surface area contributed by atoms with E-state index in [2.05, 4.69) is 47.1 Å². The molecule has 162 valence electrons. The highest BCUT2D eigenvalue weighted by atomic mass is 16.1. The van der Waals surface area contributed by atoms with E-state index >= 15 is 0 Å². The molecule has 1 N–H and O–H groups in total. The van der Waals surface area contributed by atoms with Gasteiger partial charge in [-0.05, 0) is 100 Å². The highest BCUT2D eigenvalue weighted by Gasteiger charge is 2.45. The number of allylic oxidation sites excluding steroid dienone is 1. The molecule has 0 bridgehead atoms. The molecule has 1 spiro atoms. The van der Waals surface area contributed by atoms with Crippen LogP contribution in [0.4, 0.5) is 0 Å². The molecule has 4 nitrogen and oxygen atoms in total. The van der Waals surface area contributed by atoms with E-state index in [0.29, 0.717) is 17.4 Å². The van der Waals surface area contributed by atoms with Crippen LogP contribution in [0.5, 0.6) is 0 Å². The van der Waals surface area contributed by atoms with Gasteiger partial charge >= 0.3 is 0 Å². The molecule has 31 heavy (non-hydrogen) atoms. The fourth-order valence-electron chi connectivity index (χ4n) is 6.13. The maximum atomic E-state index is 12.8. The largest absolute Gasteiger partial charge is 0.307 e. The number of aryl methyl sites for hydroxylation is 2. The summed E-state index contributed by atoms with van der Waals surface area (Å²) < 4.78 is 0. The molecule has 2 fully saturated rings. The number of hydrogen-bond acceptors (Lipinski definition) is 3. The number of hydrogen-bond donors (Lipinski definition) is 1. The molecule has 0 unspecified atom stereocenters. The molecule has 1 aromatic carbocycles. The topological polar surface area (TPSA) is 49.0 Å². The maximum Gasteiger partial charge on any atom is 0.254 e. The van der Waals surface area contributed by atoms with Crippen molar-refractivity contribution in [1.82, 2.24) is 14.9 Å². The Morgan fingerprint density at radius 1 is 1.03 bits per heavy atom. The summed E-state index contributed by atoms with van der Waals surface area (Å²) in [6, 6.07) is 9.60. The van der Waals surface area contributed by atoms with Crippen molar-refractivity contribution in [2.75, 3.05) is 13.1 Å². The number of likely N-dealkylation sites (tertiary alicyclic amines) is 1. The van der Waals surface area contributed by atoms with Crippen LogP contribution in [0, 0.1) is 12.3 Å². The van der Waals surface area contributed by atoms with Crippen LogP contribution in [0.25, 0.3) is 5.57 Å². The number of piperidine rings is 1. The van der Waals surface area contributed by atoms with E-state index in [1.807, 2.05) is 0 Å². The second kappa shape index (κ2) is 7.44. The first-order chi connectivity index (χ1) is 15.1. The third kappa shape index (κ3) is 3.69. The van der Waals surface area contributed by atoms with Crippen molar-refractivity contribution in [3.05, 3.63) is 68.9 Å². The quantitative estimate of drug-likeness (QED) is 0.785. The van der Waals surface area contributed by atoms with Gasteiger partial charge in [0.25, 0.3) is 5.56 Å². The van der Waals surface area contributed by atoms with E-state index in [1.165, 1.54) is 48.8 Å². The van der Waals surface area contributed by atoms with Crippen molar-refractivity contribution < 1.29 is 0 Å². The zero-order valence-electron chi connectivity index (χ0n) is 18.6. The molecule has 4 aliphatic rings. The summed E-state index contributed by atoms with van der Waals surface area (Å²) in [5.74, 6) is 1.53. The zero-order valence-corrected chi connectivity index (χ0v) is 18.6. The lowest BCUT2D eigenvalue weighted by molar-refractivity contribution is 0.176. The van der Waals surface area contributed by atoms with Gasteiger partial charge in [0.15, 0.2) is 0 Å². The molecule has 2 heterocycles. The van der Waals surface area contributed by atoms with Gasteiger partial charge in [0.05, 0.1) is 5.69 Å². The van der Waals surface area contributed by atoms with Gasteiger partial charge in [-0.1, -0.05) is 35.9 Å². The van der Waals surface area contributed by atoms with Gasteiger partial charge in [-0.3, -0.25) is 9.69 Å². The van der Waals surface area contributed by atoms with E-state index in [4.69, 9.17) is 4.98 Å². The summed E-state index contributed by atoms with van der Waals surface area (Å²) in [7, 11) is 0. The first kappa shape index (κ1) is 19.5. The maximum absolute atomic E-state index is 12.8. The van der Waals surface area contributed by atoms with Crippen LogP contribution in [-0.2, 0) is 12.8 Å². The Balaban J connectivity index is 1.14. The lowest BCUT2D eigenvalue weighted by Gasteiger charge is -2.35. The summed E-state index contributed by atoms with van der Waals surface area (Å²) in [6.45, 7) is 4.47. The van der Waals surface area contributed by atoms with E-state index in [0.717, 1.165) is 55.9 Å². The number of nitrogens with one attached hydrogen (secondary N) is 1. The highest BCUT2D eigenvalue weighted by Crippen LogP contribution is 2.53. The lowest BCUT2D eigenvalue weighted by atomic mass is 9.84. The Labute approximate surface area is 184 Å². The van der Waals surface area contributed by atoms with Crippen LogP contribution in [-0.4, -0.2) is 34.0 Å². The van der Waals surface area contributed by atoms with Gasteiger partial charge in [-0.15, -0.1) is 0 Å². The fraction of sp³-hybridized carbons (Fsp3) is 0.556. The van der Waals surface area contributed by atoms with Crippen molar-refractivity contribution in [1.29, 1.82) is 0 Å². The Morgan fingerprint density at radius 2 is 1.81 bits per heavy atom. The van der Waals surface area contributed by atoms with Gasteiger partial charge in [0.1, 0.15) is 5.82 Å². The van der Waals surface area contributed by atoms with Crippen LogP contribution in [0.2, 0.25) is 0 Å². The predicted molar refractivity (Wildman–Crippen MR) is 124 cm³/mol. The molecule has 1 atom stereocenters. The predicted octanol–water partition coefficient (Wildman–Crippen LogP) is 4.77. The average Bonchev–Trinajstić information content (AvgIpc) is 3.35. The Bertz CT molecular complexity index is 1070. The van der Waals surface area contributed by atoms with Crippen LogP contribution in [0.1, 0.15) is 79.1 Å². The molecular weight excluding hydrogens is 382 g/mol. The van der Waals surface area contributed by atoms with Crippen LogP contribution in [0.3, 0.4) is 0 Å². The van der Waals surface area contributed by atoms with E-state index < -0.39 is 0 Å². The number of fused-ring (bicyclic) bond motifs is 1. The smallest absolute Gasteiger partial charge is 0.254 e. The van der Waals surface area contributed by atoms with Gasteiger partial charge < -0.3 is 4.98 Å². The number of aromatic amines is 1. The summed E-state index contributed by atoms with van der Waals surface area (Å²) in [5.41, 5.74) is 6.69. The standard InChI is InChI=1S/C27H33N3O/c1-18-2-4-19(5-3-18)20-9-14-30(15-10-20)22-7-6-21(16-22)25-28-24-8-11-27(12-13-27)17-23(24)26(31)29-25/h2-5,16,20,22H,6-15,17H2,1H3,(H,28,29,31)/t22-/m1/s1. The van der Waals surface area contributed by atoms with Gasteiger partial charge in [0.2, 0.25) is 0 Å². The molecular formula is C27H33N3O. The van der Waals surface area contributed by atoms with Crippen LogP contribution >= 0.6 is 0 Å². The minimum atomic E-state index is 0.120. The molecule has 1 saturated heterocycles. The van der Waals surface area contributed by atoms with Crippen LogP contribution in [0.15, 0.2) is 35.1 Å². The van der Waals surface area contributed by atoms with Crippen molar-refractivity contribution in [2.24, 2.45) is 5.41 Å². The third-order valence-corrected chi connectivity index (χ3v) is 8.46. The van der Waals surface area contributed by atoms with Crippen LogP contribution < -0.4 is 5.56 Å². The number of benzene rings is 1. The zero-order chi connectivity index (χ0) is 21.0. The van der Waals surface area contributed by atoms with Gasteiger partial charge in [-0.25, -0.2) is 4.98 Å².